The van der Waals surface area contributed by atoms with Crippen LogP contribution in [0, 0.1) is 12.7 Å². The van der Waals surface area contributed by atoms with Gasteiger partial charge in [-0.15, -0.1) is 0 Å². The Morgan fingerprint density at radius 1 is 1.17 bits per heavy atom. The molecular formula is C14H10BrFN2. The SMILES string of the molecule is Cc1cccc(-c2nc3c(F)cccc3[nH]2)c1Br. The van der Waals surface area contributed by atoms with Gasteiger partial charge in [0.15, 0.2) is 5.82 Å². The molecule has 0 spiro atoms. The monoisotopic (exact) mass is 304 g/mol. The summed E-state index contributed by atoms with van der Waals surface area (Å²) in [6.45, 7) is 2.01. The molecular weight excluding hydrogens is 295 g/mol. The quantitative estimate of drug-likeness (QED) is 0.707. The van der Waals surface area contributed by atoms with E-state index in [9.17, 15) is 4.39 Å². The predicted molar refractivity (Wildman–Crippen MR) is 73.9 cm³/mol. The summed E-state index contributed by atoms with van der Waals surface area (Å²) in [5, 5.41) is 0. The number of halogens is 2. The first-order valence-corrected chi connectivity index (χ1v) is 6.36. The van der Waals surface area contributed by atoms with Crippen LogP contribution in [0.4, 0.5) is 4.39 Å². The van der Waals surface area contributed by atoms with Crippen molar-refractivity contribution < 1.29 is 4.39 Å². The van der Waals surface area contributed by atoms with Crippen LogP contribution < -0.4 is 0 Å². The summed E-state index contributed by atoms with van der Waals surface area (Å²) < 4.78 is 14.6. The van der Waals surface area contributed by atoms with E-state index in [2.05, 4.69) is 25.9 Å². The van der Waals surface area contributed by atoms with E-state index < -0.39 is 0 Å². The number of benzene rings is 2. The van der Waals surface area contributed by atoms with Gasteiger partial charge >= 0.3 is 0 Å². The molecule has 0 radical (unpaired) electrons. The average Bonchev–Trinajstić information content (AvgIpc) is 2.78. The van der Waals surface area contributed by atoms with Crippen LogP contribution in [-0.2, 0) is 0 Å². The first-order chi connectivity index (χ1) is 8.66. The Hall–Kier alpha value is -1.68. The molecule has 1 heterocycles. The van der Waals surface area contributed by atoms with Gasteiger partial charge in [-0.05, 0) is 40.5 Å². The van der Waals surface area contributed by atoms with Crippen LogP contribution >= 0.6 is 15.9 Å². The zero-order valence-electron chi connectivity index (χ0n) is 9.67. The molecule has 0 aliphatic rings. The van der Waals surface area contributed by atoms with Gasteiger partial charge < -0.3 is 4.98 Å². The number of para-hydroxylation sites is 1. The van der Waals surface area contributed by atoms with E-state index in [-0.39, 0.29) is 5.82 Å². The molecule has 18 heavy (non-hydrogen) atoms. The van der Waals surface area contributed by atoms with Crippen LogP contribution in [0.5, 0.6) is 0 Å². The number of aryl methyl sites for hydroxylation is 1. The van der Waals surface area contributed by atoms with Crippen LogP contribution in [0.15, 0.2) is 40.9 Å². The van der Waals surface area contributed by atoms with Crippen molar-refractivity contribution >= 4 is 27.0 Å². The Balaban J connectivity index is 2.26. The van der Waals surface area contributed by atoms with Gasteiger partial charge in [-0.3, -0.25) is 0 Å². The highest BCUT2D eigenvalue weighted by molar-refractivity contribution is 9.10. The first kappa shape index (κ1) is 11.4. The zero-order valence-corrected chi connectivity index (χ0v) is 11.3. The predicted octanol–water partition coefficient (Wildman–Crippen LogP) is 4.44. The molecule has 90 valence electrons. The summed E-state index contributed by atoms with van der Waals surface area (Å²) in [6, 6.07) is 10.8. The van der Waals surface area contributed by atoms with Gasteiger partial charge in [0.25, 0.3) is 0 Å². The van der Waals surface area contributed by atoms with Gasteiger partial charge in [0, 0.05) is 10.0 Å². The third kappa shape index (κ3) is 1.73. The first-order valence-electron chi connectivity index (χ1n) is 5.56. The number of aromatic nitrogens is 2. The maximum Gasteiger partial charge on any atom is 0.151 e. The Kier molecular flexibility index (Phi) is 2.67. The van der Waals surface area contributed by atoms with Gasteiger partial charge in [-0.25, -0.2) is 9.37 Å². The Labute approximate surface area is 112 Å². The molecule has 0 bridgehead atoms. The second-order valence-electron chi connectivity index (χ2n) is 4.16. The lowest BCUT2D eigenvalue weighted by Gasteiger charge is -2.03. The van der Waals surface area contributed by atoms with E-state index in [0.717, 1.165) is 15.6 Å². The maximum absolute atomic E-state index is 13.6. The van der Waals surface area contributed by atoms with E-state index in [1.807, 2.05) is 31.2 Å². The highest BCUT2D eigenvalue weighted by atomic mass is 79.9. The second-order valence-corrected chi connectivity index (χ2v) is 4.95. The fraction of sp³-hybridized carbons (Fsp3) is 0.0714. The minimum atomic E-state index is -0.307. The lowest BCUT2D eigenvalue weighted by molar-refractivity contribution is 0.637. The molecule has 0 amide bonds. The lowest BCUT2D eigenvalue weighted by atomic mass is 10.1. The number of fused-ring (bicyclic) bond motifs is 1. The van der Waals surface area contributed by atoms with Crippen molar-refractivity contribution in [2.45, 2.75) is 6.92 Å². The number of rotatable bonds is 1. The highest BCUT2D eigenvalue weighted by Gasteiger charge is 2.11. The minimum Gasteiger partial charge on any atom is -0.338 e. The van der Waals surface area contributed by atoms with Crippen molar-refractivity contribution in [1.29, 1.82) is 0 Å². The number of aromatic amines is 1. The van der Waals surface area contributed by atoms with Crippen molar-refractivity contribution in [3.63, 3.8) is 0 Å². The van der Waals surface area contributed by atoms with E-state index in [0.29, 0.717) is 16.9 Å². The standard InChI is InChI=1S/C14H10BrFN2/c1-8-4-2-5-9(12(8)15)14-17-11-7-3-6-10(16)13(11)18-14/h2-7H,1H3,(H,17,18). The van der Waals surface area contributed by atoms with Crippen molar-refractivity contribution in [2.24, 2.45) is 0 Å². The third-order valence-electron chi connectivity index (χ3n) is 2.91. The van der Waals surface area contributed by atoms with Gasteiger partial charge in [-0.1, -0.05) is 24.3 Å². The molecule has 0 saturated heterocycles. The Bertz CT molecular complexity index is 734. The van der Waals surface area contributed by atoms with Crippen LogP contribution in [-0.4, -0.2) is 9.97 Å². The molecule has 2 aromatic carbocycles. The smallest absolute Gasteiger partial charge is 0.151 e. The Morgan fingerprint density at radius 2 is 1.94 bits per heavy atom. The second kappa shape index (κ2) is 4.21. The summed E-state index contributed by atoms with van der Waals surface area (Å²) in [7, 11) is 0. The molecule has 0 atom stereocenters. The van der Waals surface area contributed by atoms with Crippen LogP contribution in [0.1, 0.15) is 5.56 Å². The van der Waals surface area contributed by atoms with Crippen molar-refractivity contribution in [3.05, 3.63) is 52.3 Å². The zero-order chi connectivity index (χ0) is 12.7. The number of imidazole rings is 1. The van der Waals surface area contributed by atoms with E-state index in [4.69, 9.17) is 0 Å². The van der Waals surface area contributed by atoms with Crippen molar-refractivity contribution in [2.75, 3.05) is 0 Å². The summed E-state index contributed by atoms with van der Waals surface area (Å²) in [4.78, 5) is 7.46. The molecule has 0 saturated carbocycles. The van der Waals surface area contributed by atoms with E-state index in [1.165, 1.54) is 6.07 Å². The number of H-pyrrole nitrogens is 1. The maximum atomic E-state index is 13.6. The lowest BCUT2D eigenvalue weighted by Crippen LogP contribution is -1.85. The van der Waals surface area contributed by atoms with Crippen LogP contribution in [0.25, 0.3) is 22.4 Å². The molecule has 3 rings (SSSR count). The van der Waals surface area contributed by atoms with Crippen LogP contribution in [0.2, 0.25) is 0 Å². The van der Waals surface area contributed by atoms with Crippen molar-refractivity contribution in [3.8, 4) is 11.4 Å². The average molecular weight is 305 g/mol. The molecule has 0 aliphatic heterocycles. The number of hydrogen-bond acceptors (Lipinski definition) is 1. The molecule has 0 fully saturated rings. The summed E-state index contributed by atoms with van der Waals surface area (Å²) in [5.41, 5.74) is 3.14. The topological polar surface area (TPSA) is 28.7 Å². The summed E-state index contributed by atoms with van der Waals surface area (Å²) in [5.74, 6) is 0.365. The normalized spacial score (nSPS) is 11.1. The van der Waals surface area contributed by atoms with Crippen molar-refractivity contribution in [1.82, 2.24) is 9.97 Å². The third-order valence-corrected chi connectivity index (χ3v) is 3.96. The summed E-state index contributed by atoms with van der Waals surface area (Å²) in [6.07, 6.45) is 0. The Morgan fingerprint density at radius 3 is 2.72 bits per heavy atom. The fourth-order valence-electron chi connectivity index (χ4n) is 1.96. The van der Waals surface area contributed by atoms with E-state index >= 15 is 0 Å². The van der Waals surface area contributed by atoms with E-state index in [1.54, 1.807) is 6.07 Å². The van der Waals surface area contributed by atoms with Gasteiger partial charge in [0.2, 0.25) is 0 Å². The number of nitrogens with one attached hydrogen (secondary N) is 1. The molecule has 4 heteroatoms. The number of nitrogens with zero attached hydrogens (tertiary/aromatic N) is 1. The molecule has 3 aromatic rings. The molecule has 0 unspecified atom stereocenters. The fourth-order valence-corrected chi connectivity index (χ4v) is 2.41. The van der Waals surface area contributed by atoms with Crippen LogP contribution in [0.3, 0.4) is 0 Å². The highest BCUT2D eigenvalue weighted by Crippen LogP contribution is 2.30. The van der Waals surface area contributed by atoms with Gasteiger partial charge in [0.1, 0.15) is 11.3 Å². The summed E-state index contributed by atoms with van der Waals surface area (Å²) >= 11 is 3.54. The number of hydrogen-bond donors (Lipinski definition) is 1. The molecule has 2 nitrogen and oxygen atoms in total. The van der Waals surface area contributed by atoms with Gasteiger partial charge in [-0.2, -0.15) is 0 Å². The molecule has 1 aromatic heterocycles. The molecule has 0 aliphatic carbocycles. The largest absolute Gasteiger partial charge is 0.338 e. The molecule has 1 N–H and O–H groups in total. The minimum absolute atomic E-state index is 0.307. The van der Waals surface area contributed by atoms with Gasteiger partial charge in [0.05, 0.1) is 5.52 Å².